The summed E-state index contributed by atoms with van der Waals surface area (Å²) in [4.78, 5) is 50.0. The van der Waals surface area contributed by atoms with E-state index < -0.39 is 23.9 Å². The number of hydrogen-bond acceptors (Lipinski definition) is 7. The average Bonchev–Trinajstić information content (AvgIpc) is 1.47. The first-order chi connectivity index (χ1) is 5.44. The van der Waals surface area contributed by atoms with Crippen molar-refractivity contribution in [3.63, 3.8) is 0 Å². The van der Waals surface area contributed by atoms with Crippen LogP contribution in [0.1, 0.15) is 0 Å². The van der Waals surface area contributed by atoms with Crippen molar-refractivity contribution in [3.05, 3.63) is 0 Å². The molecule has 0 heterocycles. The van der Waals surface area contributed by atoms with Crippen molar-refractivity contribution in [2.24, 2.45) is 0 Å². The van der Waals surface area contributed by atoms with Crippen LogP contribution < -0.4 is 103 Å². The monoisotopic (exact) mass is 325 g/mol. The summed E-state index contributed by atoms with van der Waals surface area (Å²) >= 11 is 0. The van der Waals surface area contributed by atoms with Gasteiger partial charge in [0.15, 0.2) is 0 Å². The van der Waals surface area contributed by atoms with Crippen LogP contribution in [0.3, 0.4) is 0 Å². The molecule has 0 radical (unpaired) electrons. The van der Waals surface area contributed by atoms with Crippen molar-refractivity contribution in [1.29, 1.82) is 0 Å². The van der Waals surface area contributed by atoms with Gasteiger partial charge in [-0.3, -0.25) is 8.88 Å². The van der Waals surface area contributed by atoms with Gasteiger partial charge >= 0.3 is 96.9 Å². The zero-order valence-corrected chi connectivity index (χ0v) is 17.2. The molecule has 0 saturated carbocycles. The van der Waals surface area contributed by atoms with Crippen LogP contribution in [0.5, 0.6) is 0 Å². The summed E-state index contributed by atoms with van der Waals surface area (Å²) in [5, 5.41) is 0. The van der Waals surface area contributed by atoms with E-state index in [1.807, 2.05) is 0 Å². The summed E-state index contributed by atoms with van der Waals surface area (Å²) in [6, 6.07) is 0. The summed E-state index contributed by atoms with van der Waals surface area (Å²) < 4.78 is 30.1. The molecule has 0 aliphatic carbocycles. The predicted molar refractivity (Wildman–Crippen MR) is 30.6 cm³/mol. The fourth-order valence-electron chi connectivity index (χ4n) is 0.126. The quantitative estimate of drug-likeness (QED) is 0.324. The maximum Gasteiger partial charge on any atom is 1.00 e. The van der Waals surface area contributed by atoms with Crippen LogP contribution in [0.25, 0.3) is 0 Å². The molecule has 0 aliphatic heterocycles. The third-order valence-electron chi connectivity index (χ3n) is 0.203. The van der Waals surface area contributed by atoms with E-state index in [1.165, 1.54) is 0 Å². The first kappa shape index (κ1) is 31.6. The largest absolute Gasteiger partial charge is 1.00 e. The van der Waals surface area contributed by atoms with Gasteiger partial charge < -0.3 is 24.1 Å². The minimum Gasteiger partial charge on any atom is -0.790 e. The summed E-state index contributed by atoms with van der Waals surface area (Å²) in [6.45, 7) is 0. The van der Waals surface area contributed by atoms with E-state index in [-0.39, 0.29) is 88.7 Å². The summed E-state index contributed by atoms with van der Waals surface area (Å²) in [5.41, 5.74) is 0. The van der Waals surface area contributed by atoms with E-state index in [1.54, 1.807) is 0 Å². The summed E-state index contributed by atoms with van der Waals surface area (Å²) in [5.74, 6) is 0. The molecule has 0 aromatic heterocycles. The standard InChI is InChI=1S/3Na.H4O7P2.HO3P/c;;;1-8(2,3)7-9(4,5)6;1-4(2)3/h;;;(H2,1,2,3)(H2,4,5,6);(H-,1,2,3)/q3*+1;;/p-2. The molecule has 0 aromatic carbocycles. The van der Waals surface area contributed by atoms with Crippen LogP contribution in [0.4, 0.5) is 0 Å². The molecule has 1 unspecified atom stereocenters. The molecule has 0 spiro atoms. The van der Waals surface area contributed by atoms with Gasteiger partial charge in [0.1, 0.15) is 0 Å². The summed E-state index contributed by atoms with van der Waals surface area (Å²) in [7, 11) is -13.9. The van der Waals surface area contributed by atoms with Crippen LogP contribution in [0, 0.1) is 0 Å². The van der Waals surface area contributed by atoms with E-state index in [2.05, 4.69) is 4.31 Å². The molecule has 3 N–H and O–H groups in total. The Hall–Kier alpha value is 3.28. The van der Waals surface area contributed by atoms with E-state index in [4.69, 9.17) is 19.2 Å². The van der Waals surface area contributed by atoms with E-state index in [0.717, 1.165) is 0 Å². The third kappa shape index (κ3) is 53.2. The van der Waals surface area contributed by atoms with Crippen molar-refractivity contribution in [2.45, 2.75) is 0 Å². The fourth-order valence-corrected chi connectivity index (χ4v) is 1.14. The van der Waals surface area contributed by atoms with Crippen molar-refractivity contribution >= 4 is 23.9 Å². The van der Waals surface area contributed by atoms with Gasteiger partial charge in [-0.05, 0) is 0 Å². The molecule has 16 heavy (non-hydrogen) atoms. The maximum absolute atomic E-state index is 9.44. The van der Waals surface area contributed by atoms with Gasteiger partial charge in [-0.2, -0.15) is 0 Å². The Morgan fingerprint density at radius 2 is 1.19 bits per heavy atom. The first-order valence-corrected chi connectivity index (χ1v) is 6.18. The zero-order valence-electron chi connectivity index (χ0n) is 8.54. The van der Waals surface area contributed by atoms with Gasteiger partial charge in [0, 0.05) is 4.57 Å². The van der Waals surface area contributed by atoms with Gasteiger partial charge in [-0.25, -0.2) is 0 Å². The van der Waals surface area contributed by atoms with Crippen LogP contribution in [-0.4, -0.2) is 14.7 Å². The topological polar surface area (TPSA) is 190 Å². The fraction of sp³-hybridized carbons (Fsp3) is 0. The first-order valence-electron chi connectivity index (χ1n) is 2.06. The minimum absolute atomic E-state index is 0. The van der Waals surface area contributed by atoms with E-state index in [0.29, 0.717) is 0 Å². The molecule has 1 atom stereocenters. The van der Waals surface area contributed by atoms with Crippen LogP contribution >= 0.6 is 23.9 Å². The van der Waals surface area contributed by atoms with Crippen molar-refractivity contribution < 1.29 is 136 Å². The van der Waals surface area contributed by atoms with Crippen molar-refractivity contribution in [2.75, 3.05) is 0 Å². The average molecular weight is 325 g/mol. The van der Waals surface area contributed by atoms with Gasteiger partial charge in [-0.1, -0.05) is 0 Å². The number of phosphoric acid groups is 2. The molecule has 0 aliphatic rings. The Balaban J connectivity index is -0.0000000511. The van der Waals surface area contributed by atoms with Crippen molar-refractivity contribution in [3.8, 4) is 0 Å². The second kappa shape index (κ2) is 14.7. The predicted octanol–water partition coefficient (Wildman–Crippen LogP) is -12.1. The Bertz CT molecular complexity index is 226. The second-order valence-corrected chi connectivity index (χ2v) is 4.24. The molecule has 16 heteroatoms. The van der Waals surface area contributed by atoms with E-state index in [9.17, 15) is 23.8 Å². The van der Waals surface area contributed by atoms with E-state index >= 15 is 0 Å². The Morgan fingerprint density at radius 1 is 1.00 bits per heavy atom. The maximum atomic E-state index is 9.44. The number of rotatable bonds is 2. The second-order valence-electron chi connectivity index (χ2n) is 1.25. The van der Waals surface area contributed by atoms with Gasteiger partial charge in [0.25, 0.3) is 7.82 Å². The van der Waals surface area contributed by atoms with Crippen LogP contribution in [0.15, 0.2) is 0 Å². The van der Waals surface area contributed by atoms with Gasteiger partial charge in [-0.15, -0.1) is 9.79 Å². The Morgan fingerprint density at radius 3 is 1.19 bits per heavy atom. The van der Waals surface area contributed by atoms with Crippen LogP contribution in [-0.2, 0) is 18.0 Å². The van der Waals surface area contributed by atoms with Gasteiger partial charge in [0.2, 0.25) is 0 Å². The molecule has 0 amide bonds. The summed E-state index contributed by atoms with van der Waals surface area (Å²) in [6.07, 6.45) is 0. The van der Waals surface area contributed by atoms with Crippen molar-refractivity contribution in [1.82, 2.24) is 0 Å². The molecule has 0 fully saturated rings. The zero-order chi connectivity index (χ0) is 11.3. The smallest absolute Gasteiger partial charge is 0.790 e. The van der Waals surface area contributed by atoms with Crippen LogP contribution in [0.2, 0.25) is 0 Å². The van der Waals surface area contributed by atoms with Gasteiger partial charge in [0.05, 0.1) is 7.82 Å². The number of hydrogen-bond donors (Lipinski definition) is 3. The molecule has 80 valence electrons. The molecular weight excluding hydrogens is 322 g/mol. The molecule has 0 bridgehead atoms. The minimum atomic E-state index is -5.61. The normalized spacial score (nSPS) is 12.4. The molecule has 0 rings (SSSR count). The third-order valence-corrected chi connectivity index (χ3v) is 1.83. The Labute approximate surface area is 157 Å². The molecule has 0 aromatic rings. The SMILES string of the molecule is O=P([O-])([O-])OP(=O)([O-])O.O=[P+](O)O.[Na+].[Na+].[Na+]. The molecule has 10 nitrogen and oxygen atoms in total. The Kier molecular flexibility index (Phi) is 29.0. The molecule has 0 saturated heterocycles. The molecular formula is H3Na3O10P3+.